The fourth-order valence-electron chi connectivity index (χ4n) is 2.66. The van der Waals surface area contributed by atoms with E-state index in [0.717, 1.165) is 38.1 Å². The van der Waals surface area contributed by atoms with Crippen molar-refractivity contribution in [1.82, 2.24) is 5.32 Å². The van der Waals surface area contributed by atoms with E-state index in [2.05, 4.69) is 17.6 Å². The van der Waals surface area contributed by atoms with Crippen LogP contribution >= 0.6 is 12.4 Å². The van der Waals surface area contributed by atoms with E-state index in [-0.39, 0.29) is 18.3 Å². The summed E-state index contributed by atoms with van der Waals surface area (Å²) in [6, 6.07) is 3.38. The van der Waals surface area contributed by atoms with Gasteiger partial charge in [0, 0.05) is 18.2 Å². The van der Waals surface area contributed by atoms with Crippen LogP contribution in [-0.2, 0) is 4.79 Å². The Hall–Kier alpha value is -1.20. The summed E-state index contributed by atoms with van der Waals surface area (Å²) in [7, 11) is 0. The number of anilines is 1. The van der Waals surface area contributed by atoms with Crippen molar-refractivity contribution in [2.45, 2.75) is 26.2 Å². The maximum atomic E-state index is 13.0. The van der Waals surface area contributed by atoms with Gasteiger partial charge in [-0.1, -0.05) is 6.92 Å². The number of halogens is 3. The molecule has 21 heavy (non-hydrogen) atoms. The van der Waals surface area contributed by atoms with Crippen LogP contribution in [0.2, 0.25) is 0 Å². The molecule has 2 N–H and O–H groups in total. The first-order chi connectivity index (χ1) is 9.56. The van der Waals surface area contributed by atoms with Crippen LogP contribution in [0.25, 0.3) is 0 Å². The van der Waals surface area contributed by atoms with Gasteiger partial charge in [-0.05, 0) is 49.9 Å². The lowest BCUT2D eigenvalue weighted by Crippen LogP contribution is -2.32. The van der Waals surface area contributed by atoms with Gasteiger partial charge in [0.1, 0.15) is 0 Å². The number of piperidine rings is 1. The highest BCUT2D eigenvalue weighted by atomic mass is 35.5. The van der Waals surface area contributed by atoms with Crippen LogP contribution < -0.4 is 10.6 Å². The van der Waals surface area contributed by atoms with Crippen molar-refractivity contribution in [1.29, 1.82) is 0 Å². The van der Waals surface area contributed by atoms with Crippen molar-refractivity contribution < 1.29 is 13.6 Å². The van der Waals surface area contributed by atoms with Gasteiger partial charge < -0.3 is 10.6 Å². The molecule has 1 fully saturated rings. The van der Waals surface area contributed by atoms with Gasteiger partial charge in [0.25, 0.3) is 0 Å². The van der Waals surface area contributed by atoms with Gasteiger partial charge in [-0.3, -0.25) is 4.79 Å². The standard InChI is InChI=1S/C15H20F2N2O.ClH/c1-10(11-4-6-18-7-5-11)8-15(20)19-12-2-3-13(16)14(17)9-12;/h2-3,9-11,18H,4-8H2,1H3,(H,19,20);1H. The average Bonchev–Trinajstić information content (AvgIpc) is 2.44. The zero-order valence-electron chi connectivity index (χ0n) is 12.0. The monoisotopic (exact) mass is 318 g/mol. The topological polar surface area (TPSA) is 41.1 Å². The molecule has 6 heteroatoms. The second kappa shape index (κ2) is 8.29. The van der Waals surface area contributed by atoms with Gasteiger partial charge in [0.2, 0.25) is 5.91 Å². The third kappa shape index (κ3) is 5.25. The first kappa shape index (κ1) is 17.9. The number of hydrogen-bond donors (Lipinski definition) is 2. The highest BCUT2D eigenvalue weighted by molar-refractivity contribution is 5.90. The quantitative estimate of drug-likeness (QED) is 0.894. The van der Waals surface area contributed by atoms with Crippen molar-refractivity contribution in [3.05, 3.63) is 29.8 Å². The number of hydrogen-bond acceptors (Lipinski definition) is 2. The zero-order chi connectivity index (χ0) is 14.5. The van der Waals surface area contributed by atoms with Crippen LogP contribution in [0.5, 0.6) is 0 Å². The van der Waals surface area contributed by atoms with Gasteiger partial charge >= 0.3 is 0 Å². The third-order valence-corrected chi connectivity index (χ3v) is 3.90. The molecule has 0 aliphatic carbocycles. The van der Waals surface area contributed by atoms with E-state index in [9.17, 15) is 13.6 Å². The number of benzene rings is 1. The highest BCUT2D eigenvalue weighted by Gasteiger charge is 2.22. The Morgan fingerprint density at radius 2 is 2.00 bits per heavy atom. The minimum absolute atomic E-state index is 0. The fourth-order valence-corrected chi connectivity index (χ4v) is 2.66. The van der Waals surface area contributed by atoms with Gasteiger partial charge in [0.05, 0.1) is 0 Å². The van der Waals surface area contributed by atoms with Crippen molar-refractivity contribution in [2.24, 2.45) is 11.8 Å². The summed E-state index contributed by atoms with van der Waals surface area (Å²) in [4.78, 5) is 11.9. The molecule has 1 aliphatic heterocycles. The molecule has 1 saturated heterocycles. The van der Waals surface area contributed by atoms with Crippen molar-refractivity contribution in [3.63, 3.8) is 0 Å². The zero-order valence-corrected chi connectivity index (χ0v) is 12.8. The predicted molar refractivity (Wildman–Crippen MR) is 81.6 cm³/mol. The molecule has 3 nitrogen and oxygen atoms in total. The Labute approximate surface area is 129 Å². The molecule has 0 saturated carbocycles. The van der Waals surface area contributed by atoms with Gasteiger partial charge in [-0.25, -0.2) is 8.78 Å². The normalized spacial score (nSPS) is 16.9. The summed E-state index contributed by atoms with van der Waals surface area (Å²) >= 11 is 0. The number of carbonyl (C=O) groups is 1. The van der Waals surface area contributed by atoms with Gasteiger partial charge in [-0.15, -0.1) is 12.4 Å². The molecular weight excluding hydrogens is 298 g/mol. The Kier molecular flexibility index (Phi) is 7.05. The van der Waals surface area contributed by atoms with E-state index >= 15 is 0 Å². The van der Waals surface area contributed by atoms with E-state index in [1.165, 1.54) is 6.07 Å². The molecule has 0 bridgehead atoms. The lowest BCUT2D eigenvalue weighted by atomic mass is 9.84. The summed E-state index contributed by atoms with van der Waals surface area (Å²) in [5.41, 5.74) is 0.298. The highest BCUT2D eigenvalue weighted by Crippen LogP contribution is 2.24. The molecular formula is C15H21ClF2N2O. The molecule has 2 rings (SSSR count). The molecule has 1 aromatic carbocycles. The molecule has 1 aromatic rings. The maximum absolute atomic E-state index is 13.0. The largest absolute Gasteiger partial charge is 0.326 e. The third-order valence-electron chi connectivity index (χ3n) is 3.90. The van der Waals surface area contributed by atoms with E-state index in [0.29, 0.717) is 23.9 Å². The van der Waals surface area contributed by atoms with Gasteiger partial charge in [-0.2, -0.15) is 0 Å². The molecule has 1 unspecified atom stereocenters. The number of amides is 1. The van der Waals surface area contributed by atoms with Crippen LogP contribution in [0.15, 0.2) is 18.2 Å². The lowest BCUT2D eigenvalue weighted by molar-refractivity contribution is -0.117. The number of carbonyl (C=O) groups excluding carboxylic acids is 1. The first-order valence-electron chi connectivity index (χ1n) is 7.02. The van der Waals surface area contributed by atoms with Crippen LogP contribution in [0.3, 0.4) is 0 Å². The summed E-state index contributed by atoms with van der Waals surface area (Å²) in [6.07, 6.45) is 2.57. The molecule has 0 radical (unpaired) electrons. The van der Waals surface area contributed by atoms with Crippen LogP contribution in [0.1, 0.15) is 26.2 Å². The lowest BCUT2D eigenvalue weighted by Gasteiger charge is -2.27. The second-order valence-corrected chi connectivity index (χ2v) is 5.45. The number of rotatable bonds is 4. The predicted octanol–water partition coefficient (Wildman–Crippen LogP) is 3.35. The minimum atomic E-state index is -0.950. The summed E-state index contributed by atoms with van der Waals surface area (Å²) < 4.78 is 25.8. The molecule has 0 aromatic heterocycles. The fraction of sp³-hybridized carbons (Fsp3) is 0.533. The van der Waals surface area contributed by atoms with Crippen LogP contribution in [0.4, 0.5) is 14.5 Å². The Bertz CT molecular complexity index is 479. The van der Waals surface area contributed by atoms with Crippen LogP contribution in [0, 0.1) is 23.5 Å². The summed E-state index contributed by atoms with van der Waals surface area (Å²) in [5.74, 6) is -1.17. The Morgan fingerprint density at radius 1 is 1.33 bits per heavy atom. The molecule has 0 spiro atoms. The van der Waals surface area contributed by atoms with Crippen molar-refractivity contribution in [3.8, 4) is 0 Å². The Morgan fingerprint density at radius 3 is 2.62 bits per heavy atom. The molecule has 1 heterocycles. The van der Waals surface area contributed by atoms with Crippen LogP contribution in [-0.4, -0.2) is 19.0 Å². The summed E-state index contributed by atoms with van der Waals surface area (Å²) in [5, 5.41) is 5.92. The SMILES string of the molecule is CC(CC(=O)Nc1ccc(F)c(F)c1)C1CCNCC1.Cl. The van der Waals surface area contributed by atoms with E-state index in [1.807, 2.05) is 0 Å². The average molecular weight is 319 g/mol. The second-order valence-electron chi connectivity index (χ2n) is 5.45. The van der Waals surface area contributed by atoms with Crippen molar-refractivity contribution >= 4 is 24.0 Å². The number of nitrogens with one attached hydrogen (secondary N) is 2. The first-order valence-corrected chi connectivity index (χ1v) is 7.02. The maximum Gasteiger partial charge on any atom is 0.224 e. The molecule has 1 aliphatic rings. The molecule has 1 amide bonds. The van der Waals surface area contributed by atoms with E-state index < -0.39 is 11.6 Å². The minimum Gasteiger partial charge on any atom is -0.326 e. The van der Waals surface area contributed by atoms with E-state index in [1.54, 1.807) is 0 Å². The van der Waals surface area contributed by atoms with Gasteiger partial charge in [0.15, 0.2) is 11.6 Å². The smallest absolute Gasteiger partial charge is 0.224 e. The molecule has 1 atom stereocenters. The van der Waals surface area contributed by atoms with E-state index in [4.69, 9.17) is 0 Å². The Balaban J connectivity index is 0.00000220. The molecule has 118 valence electrons. The summed E-state index contributed by atoms with van der Waals surface area (Å²) in [6.45, 7) is 4.07. The van der Waals surface area contributed by atoms with Crippen molar-refractivity contribution in [2.75, 3.05) is 18.4 Å².